The van der Waals surface area contributed by atoms with E-state index in [-0.39, 0.29) is 24.4 Å². The average Bonchev–Trinajstić information content (AvgIpc) is 2.63. The Hall–Kier alpha value is -2.04. The molecule has 0 bridgehead atoms. The van der Waals surface area contributed by atoms with Crippen molar-refractivity contribution in [1.29, 1.82) is 0 Å². The molecular formula is C21H27ClN2O2. The zero-order chi connectivity index (χ0) is 17.6. The van der Waals surface area contributed by atoms with Crippen molar-refractivity contribution in [2.45, 2.75) is 32.3 Å². The van der Waals surface area contributed by atoms with E-state index in [2.05, 4.69) is 36.5 Å². The number of carbonyl (C=O) groups is 1. The minimum atomic E-state index is 0. The molecule has 1 fully saturated rings. The maximum atomic E-state index is 12.2. The molecule has 0 aromatic heterocycles. The fourth-order valence-electron chi connectivity index (χ4n) is 3.31. The van der Waals surface area contributed by atoms with E-state index in [1.165, 1.54) is 11.1 Å². The van der Waals surface area contributed by atoms with Gasteiger partial charge in [0, 0.05) is 24.8 Å². The van der Waals surface area contributed by atoms with E-state index in [0.29, 0.717) is 24.6 Å². The van der Waals surface area contributed by atoms with Crippen LogP contribution < -0.4 is 11.1 Å². The number of aryl methyl sites for hydroxylation is 1. The molecule has 3 N–H and O–H groups in total. The smallest absolute Gasteiger partial charge is 0.224 e. The Kier molecular flexibility index (Phi) is 7.49. The summed E-state index contributed by atoms with van der Waals surface area (Å²) in [7, 11) is 0. The molecule has 0 aliphatic carbocycles. The Balaban J connectivity index is 0.00000243. The van der Waals surface area contributed by atoms with Gasteiger partial charge in [-0.15, -0.1) is 12.4 Å². The molecule has 3 rings (SSSR count). The van der Waals surface area contributed by atoms with E-state index < -0.39 is 0 Å². The summed E-state index contributed by atoms with van der Waals surface area (Å²) in [6.07, 6.45) is 2.55. The summed E-state index contributed by atoms with van der Waals surface area (Å²) in [6, 6.07) is 15.9. The molecule has 2 aromatic carbocycles. The Bertz CT molecular complexity index is 701. The topological polar surface area (TPSA) is 64.3 Å². The zero-order valence-corrected chi connectivity index (χ0v) is 15.9. The van der Waals surface area contributed by atoms with Crippen LogP contribution in [0.2, 0.25) is 0 Å². The zero-order valence-electron chi connectivity index (χ0n) is 15.1. The van der Waals surface area contributed by atoms with Crippen molar-refractivity contribution < 1.29 is 9.53 Å². The largest absolute Gasteiger partial charge is 0.399 e. The number of nitrogens with one attached hydrogen (secondary N) is 1. The third-order valence-electron chi connectivity index (χ3n) is 4.76. The van der Waals surface area contributed by atoms with E-state index in [4.69, 9.17) is 10.5 Å². The lowest BCUT2D eigenvalue weighted by molar-refractivity contribution is -0.121. The van der Waals surface area contributed by atoms with Crippen LogP contribution in [0.5, 0.6) is 0 Å². The van der Waals surface area contributed by atoms with Crippen molar-refractivity contribution in [1.82, 2.24) is 5.32 Å². The molecule has 140 valence electrons. The molecule has 1 amide bonds. The van der Waals surface area contributed by atoms with Crippen molar-refractivity contribution in [3.63, 3.8) is 0 Å². The van der Waals surface area contributed by atoms with Crippen molar-refractivity contribution in [2.24, 2.45) is 5.92 Å². The molecule has 4 nitrogen and oxygen atoms in total. The second-order valence-electron chi connectivity index (χ2n) is 6.83. The van der Waals surface area contributed by atoms with E-state index in [0.717, 1.165) is 25.0 Å². The van der Waals surface area contributed by atoms with E-state index >= 15 is 0 Å². The molecule has 1 aliphatic heterocycles. The monoisotopic (exact) mass is 374 g/mol. The number of hydrogen-bond donors (Lipinski definition) is 2. The highest BCUT2D eigenvalue weighted by atomic mass is 35.5. The van der Waals surface area contributed by atoms with Gasteiger partial charge >= 0.3 is 0 Å². The first-order valence-corrected chi connectivity index (χ1v) is 8.91. The van der Waals surface area contributed by atoms with E-state index in [1.807, 2.05) is 24.3 Å². The number of amides is 1. The van der Waals surface area contributed by atoms with Gasteiger partial charge in [-0.05, 0) is 43.0 Å². The Morgan fingerprint density at radius 2 is 1.85 bits per heavy atom. The molecular weight excluding hydrogens is 348 g/mol. The van der Waals surface area contributed by atoms with Gasteiger partial charge in [0.2, 0.25) is 5.91 Å². The van der Waals surface area contributed by atoms with Crippen LogP contribution in [0.15, 0.2) is 48.5 Å². The molecule has 26 heavy (non-hydrogen) atoms. The van der Waals surface area contributed by atoms with Crippen LogP contribution in [0.25, 0.3) is 0 Å². The minimum Gasteiger partial charge on any atom is -0.399 e. The number of carbonyl (C=O) groups excluding carboxylic acids is 1. The van der Waals surface area contributed by atoms with Crippen molar-refractivity contribution in [3.05, 3.63) is 65.2 Å². The molecule has 2 unspecified atom stereocenters. The summed E-state index contributed by atoms with van der Waals surface area (Å²) in [5.41, 5.74) is 9.81. The number of nitrogen functional groups attached to an aromatic ring is 1. The van der Waals surface area contributed by atoms with Gasteiger partial charge in [0.15, 0.2) is 0 Å². The van der Waals surface area contributed by atoms with Crippen molar-refractivity contribution in [2.75, 3.05) is 18.9 Å². The standard InChI is InChI=1S/C21H26N2O2.ClH/c1-15-4-8-17(9-5-15)21-18(3-2-12-25-21)14-23-20(24)13-16-6-10-19(22)11-7-16;/h4-11,18,21H,2-3,12-14,22H2,1H3,(H,23,24);1H. The maximum absolute atomic E-state index is 12.2. The molecule has 0 spiro atoms. The highest BCUT2D eigenvalue weighted by Crippen LogP contribution is 2.33. The van der Waals surface area contributed by atoms with Crippen LogP contribution in [0, 0.1) is 12.8 Å². The minimum absolute atomic E-state index is 0. The summed E-state index contributed by atoms with van der Waals surface area (Å²) in [4.78, 5) is 12.2. The second kappa shape index (κ2) is 9.60. The SMILES string of the molecule is Cc1ccc(C2OCCCC2CNC(=O)Cc2ccc(N)cc2)cc1.Cl. The first-order valence-electron chi connectivity index (χ1n) is 8.91. The van der Waals surface area contributed by atoms with Crippen LogP contribution >= 0.6 is 12.4 Å². The number of anilines is 1. The normalized spacial score (nSPS) is 19.4. The predicted molar refractivity (Wildman–Crippen MR) is 107 cm³/mol. The third kappa shape index (κ3) is 5.48. The lowest BCUT2D eigenvalue weighted by Crippen LogP contribution is -2.35. The van der Waals surface area contributed by atoms with Gasteiger partial charge in [-0.3, -0.25) is 4.79 Å². The molecule has 1 heterocycles. The predicted octanol–water partition coefficient (Wildman–Crippen LogP) is 3.83. The Morgan fingerprint density at radius 3 is 2.54 bits per heavy atom. The average molecular weight is 375 g/mol. The fourth-order valence-corrected chi connectivity index (χ4v) is 3.31. The number of nitrogens with two attached hydrogens (primary N) is 1. The first kappa shape index (κ1) is 20.3. The highest BCUT2D eigenvalue weighted by molar-refractivity contribution is 5.85. The molecule has 1 saturated heterocycles. The second-order valence-corrected chi connectivity index (χ2v) is 6.83. The van der Waals surface area contributed by atoms with Crippen LogP contribution in [-0.2, 0) is 16.0 Å². The summed E-state index contributed by atoms with van der Waals surface area (Å²) >= 11 is 0. The van der Waals surface area contributed by atoms with Gasteiger partial charge in [-0.25, -0.2) is 0 Å². The number of benzene rings is 2. The molecule has 5 heteroatoms. The molecule has 2 aromatic rings. The highest BCUT2D eigenvalue weighted by Gasteiger charge is 2.27. The van der Waals surface area contributed by atoms with Crippen LogP contribution in [0.3, 0.4) is 0 Å². The fraction of sp³-hybridized carbons (Fsp3) is 0.381. The lowest BCUT2D eigenvalue weighted by Gasteiger charge is -2.32. The molecule has 2 atom stereocenters. The van der Waals surface area contributed by atoms with Crippen LogP contribution in [-0.4, -0.2) is 19.1 Å². The summed E-state index contributed by atoms with van der Waals surface area (Å²) in [6.45, 7) is 3.52. The Labute approximate surface area is 161 Å². The summed E-state index contributed by atoms with van der Waals surface area (Å²) < 4.78 is 6.02. The lowest BCUT2D eigenvalue weighted by atomic mass is 9.89. The summed E-state index contributed by atoms with van der Waals surface area (Å²) in [5, 5.41) is 3.08. The number of halogens is 1. The molecule has 0 saturated carbocycles. The van der Waals surface area contributed by atoms with Gasteiger partial charge in [-0.1, -0.05) is 42.0 Å². The molecule has 0 radical (unpaired) electrons. The van der Waals surface area contributed by atoms with Gasteiger partial charge in [-0.2, -0.15) is 0 Å². The van der Waals surface area contributed by atoms with E-state index in [9.17, 15) is 4.79 Å². The molecule has 1 aliphatic rings. The van der Waals surface area contributed by atoms with Crippen LogP contribution in [0.1, 0.15) is 35.6 Å². The van der Waals surface area contributed by atoms with Gasteiger partial charge in [0.05, 0.1) is 12.5 Å². The number of ether oxygens (including phenoxy) is 1. The van der Waals surface area contributed by atoms with Crippen molar-refractivity contribution >= 4 is 24.0 Å². The van der Waals surface area contributed by atoms with Gasteiger partial charge in [0.25, 0.3) is 0 Å². The van der Waals surface area contributed by atoms with E-state index in [1.54, 1.807) is 0 Å². The third-order valence-corrected chi connectivity index (χ3v) is 4.76. The van der Waals surface area contributed by atoms with Gasteiger partial charge in [0.1, 0.15) is 0 Å². The van der Waals surface area contributed by atoms with Gasteiger partial charge < -0.3 is 15.8 Å². The Morgan fingerprint density at radius 1 is 1.15 bits per heavy atom. The quantitative estimate of drug-likeness (QED) is 0.782. The number of rotatable bonds is 5. The van der Waals surface area contributed by atoms with Crippen molar-refractivity contribution in [3.8, 4) is 0 Å². The summed E-state index contributed by atoms with van der Waals surface area (Å²) in [5.74, 6) is 0.352. The van der Waals surface area contributed by atoms with Crippen LogP contribution in [0.4, 0.5) is 5.69 Å². The maximum Gasteiger partial charge on any atom is 0.224 e. The number of hydrogen-bond acceptors (Lipinski definition) is 3. The first-order chi connectivity index (χ1) is 12.1.